The molecule has 98 valence electrons. The zero-order chi connectivity index (χ0) is 13.6. The van der Waals surface area contributed by atoms with Gasteiger partial charge >= 0.3 is 5.97 Å². The quantitative estimate of drug-likeness (QED) is 0.639. The van der Waals surface area contributed by atoms with Crippen LogP contribution in [-0.4, -0.2) is 28.6 Å². The average Bonchev–Trinajstić information content (AvgIpc) is 2.40. The number of carbonyl (C=O) groups excluding carboxylic acids is 2. The van der Waals surface area contributed by atoms with Crippen molar-refractivity contribution in [3.63, 3.8) is 0 Å². The second-order valence-corrected chi connectivity index (χ2v) is 5.08. The van der Waals surface area contributed by atoms with Crippen molar-refractivity contribution < 1.29 is 19.4 Å². The third-order valence-electron chi connectivity index (χ3n) is 3.92. The number of ether oxygens (including phenoxy) is 1. The lowest BCUT2D eigenvalue weighted by Crippen LogP contribution is -2.60. The van der Waals surface area contributed by atoms with Crippen molar-refractivity contribution in [2.24, 2.45) is 5.92 Å². The highest BCUT2D eigenvalue weighted by Gasteiger charge is 2.59. The Hall–Kier alpha value is -1.94. The van der Waals surface area contributed by atoms with Gasteiger partial charge in [0.2, 0.25) is 0 Å². The number of rotatable bonds is 2. The molecule has 19 heavy (non-hydrogen) atoms. The second-order valence-electron chi connectivity index (χ2n) is 5.08. The molecule has 0 spiro atoms. The monoisotopic (exact) mass is 258 g/mol. The van der Waals surface area contributed by atoms with Crippen LogP contribution >= 0.6 is 0 Å². The number of esters is 1. The maximum atomic E-state index is 11.9. The van der Waals surface area contributed by atoms with E-state index in [0.717, 1.165) is 5.56 Å². The first-order valence-corrected chi connectivity index (χ1v) is 6.22. The van der Waals surface area contributed by atoms with E-state index in [9.17, 15) is 14.7 Å². The fourth-order valence-electron chi connectivity index (χ4n) is 3.07. The smallest absolute Gasteiger partial charge is 0.343 e. The van der Waals surface area contributed by atoms with Crippen LogP contribution in [0.1, 0.15) is 18.4 Å². The van der Waals surface area contributed by atoms with E-state index >= 15 is 0 Å². The first kappa shape index (κ1) is 12.1. The molecule has 1 saturated heterocycles. The number of Topliss-reactive ketones (excluding diaryl/α,β-unsaturated/α-hetero) is 1. The summed E-state index contributed by atoms with van der Waals surface area (Å²) in [4.78, 5) is 23.7. The summed E-state index contributed by atoms with van der Waals surface area (Å²) in [6.45, 7) is 1.40. The molecule has 3 aliphatic rings. The number of hydrogen-bond acceptors (Lipinski definition) is 4. The van der Waals surface area contributed by atoms with Gasteiger partial charge in [-0.1, -0.05) is 30.3 Å². The first-order chi connectivity index (χ1) is 9.04. The fraction of sp³-hybridized carbons (Fsp3) is 0.333. The van der Waals surface area contributed by atoms with Crippen molar-refractivity contribution in [3.05, 3.63) is 48.0 Å². The van der Waals surface area contributed by atoms with Crippen LogP contribution in [0.3, 0.4) is 0 Å². The molecule has 4 nitrogen and oxygen atoms in total. The molecule has 1 fully saturated rings. The number of hydrogen-bond donors (Lipinski definition) is 1. The Morgan fingerprint density at radius 1 is 1.32 bits per heavy atom. The van der Waals surface area contributed by atoms with Crippen LogP contribution in [0.25, 0.3) is 0 Å². The van der Waals surface area contributed by atoms with E-state index in [1.165, 1.54) is 13.0 Å². The maximum Gasteiger partial charge on any atom is 0.343 e. The predicted octanol–water partition coefficient (Wildman–Crippen LogP) is 1.20. The molecule has 2 aliphatic heterocycles. The molecule has 2 heterocycles. The van der Waals surface area contributed by atoms with Gasteiger partial charge in [0.15, 0.2) is 5.60 Å². The highest BCUT2D eigenvalue weighted by Crippen LogP contribution is 2.46. The lowest BCUT2D eigenvalue weighted by Gasteiger charge is -2.47. The van der Waals surface area contributed by atoms with Crippen molar-refractivity contribution in [2.75, 3.05) is 0 Å². The van der Waals surface area contributed by atoms with Crippen molar-refractivity contribution in [3.8, 4) is 0 Å². The zero-order valence-electron chi connectivity index (χ0n) is 10.4. The Bertz CT molecular complexity index is 563. The van der Waals surface area contributed by atoms with Crippen molar-refractivity contribution in [2.45, 2.75) is 24.5 Å². The Morgan fingerprint density at radius 3 is 2.58 bits per heavy atom. The minimum Gasteiger partial charge on any atom is -0.455 e. The van der Waals surface area contributed by atoms with Crippen LogP contribution in [0.5, 0.6) is 0 Å². The Balaban J connectivity index is 2.13. The van der Waals surface area contributed by atoms with Crippen LogP contribution in [0.15, 0.2) is 42.5 Å². The molecule has 1 aromatic rings. The Labute approximate surface area is 110 Å². The van der Waals surface area contributed by atoms with Crippen molar-refractivity contribution in [1.82, 2.24) is 0 Å². The van der Waals surface area contributed by atoms with Gasteiger partial charge in [0.25, 0.3) is 0 Å². The molecule has 0 amide bonds. The average molecular weight is 258 g/mol. The van der Waals surface area contributed by atoms with E-state index in [1.807, 2.05) is 30.3 Å². The molecule has 0 radical (unpaired) electrons. The SMILES string of the molecule is CC(=O)C1C(c2ccccc2)C2C=CC1(O)C(=O)O2. The zero-order valence-corrected chi connectivity index (χ0v) is 10.4. The van der Waals surface area contributed by atoms with Gasteiger partial charge in [-0.05, 0) is 24.6 Å². The summed E-state index contributed by atoms with van der Waals surface area (Å²) >= 11 is 0. The second kappa shape index (κ2) is 4.03. The predicted molar refractivity (Wildman–Crippen MR) is 67.3 cm³/mol. The van der Waals surface area contributed by atoms with Gasteiger partial charge in [-0.25, -0.2) is 4.79 Å². The Morgan fingerprint density at radius 2 is 2.00 bits per heavy atom. The standard InChI is InChI=1S/C15H14O4/c1-9(16)13-12(10-5-3-2-4-6-10)11-7-8-15(13,18)14(17)19-11/h2-8,11-13,18H,1H3. The normalized spacial score (nSPS) is 36.1. The van der Waals surface area contributed by atoms with Gasteiger partial charge in [-0.2, -0.15) is 0 Å². The maximum absolute atomic E-state index is 11.9. The van der Waals surface area contributed by atoms with E-state index in [-0.39, 0.29) is 11.7 Å². The third kappa shape index (κ3) is 1.64. The molecule has 2 bridgehead atoms. The summed E-state index contributed by atoms with van der Waals surface area (Å²) in [6.07, 6.45) is 2.57. The van der Waals surface area contributed by atoms with E-state index in [0.29, 0.717) is 0 Å². The van der Waals surface area contributed by atoms with Crippen LogP contribution < -0.4 is 0 Å². The summed E-state index contributed by atoms with van der Waals surface area (Å²) in [7, 11) is 0. The van der Waals surface area contributed by atoms with Gasteiger partial charge in [0, 0.05) is 5.92 Å². The molecule has 4 unspecified atom stereocenters. The molecule has 1 N–H and O–H groups in total. The van der Waals surface area contributed by atoms with Crippen LogP contribution in [0.4, 0.5) is 0 Å². The minimum atomic E-state index is -1.83. The number of aliphatic hydroxyl groups is 1. The summed E-state index contributed by atoms with van der Waals surface area (Å²) < 4.78 is 5.21. The third-order valence-corrected chi connectivity index (χ3v) is 3.92. The largest absolute Gasteiger partial charge is 0.455 e. The molecule has 4 atom stereocenters. The summed E-state index contributed by atoms with van der Waals surface area (Å²) in [5, 5.41) is 10.5. The van der Waals surface area contributed by atoms with Gasteiger partial charge in [-0.15, -0.1) is 0 Å². The molecule has 0 aromatic heterocycles. The molecule has 4 heteroatoms. The van der Waals surface area contributed by atoms with Gasteiger partial charge in [0.05, 0.1) is 5.92 Å². The lowest BCUT2D eigenvalue weighted by molar-refractivity contribution is -0.189. The molecule has 0 saturated carbocycles. The van der Waals surface area contributed by atoms with Gasteiger partial charge in [0.1, 0.15) is 11.9 Å². The highest BCUT2D eigenvalue weighted by molar-refractivity contribution is 5.94. The lowest BCUT2D eigenvalue weighted by atomic mass is 9.65. The highest BCUT2D eigenvalue weighted by atomic mass is 16.6. The molecule has 4 rings (SSSR count). The molecular weight excluding hydrogens is 244 g/mol. The first-order valence-electron chi connectivity index (χ1n) is 6.22. The summed E-state index contributed by atoms with van der Waals surface area (Å²) in [5.41, 5.74) is -0.941. The minimum absolute atomic E-state index is 0.206. The van der Waals surface area contributed by atoms with E-state index in [2.05, 4.69) is 0 Å². The van der Waals surface area contributed by atoms with E-state index < -0.39 is 23.6 Å². The summed E-state index contributed by atoms with van der Waals surface area (Å²) in [6, 6.07) is 9.37. The number of fused-ring (bicyclic) bond motifs is 2. The molecule has 1 aliphatic carbocycles. The fourth-order valence-corrected chi connectivity index (χ4v) is 3.07. The Kier molecular flexibility index (Phi) is 2.57. The molecule has 1 aromatic carbocycles. The topological polar surface area (TPSA) is 63.6 Å². The number of benzene rings is 1. The van der Waals surface area contributed by atoms with Crippen LogP contribution in [0, 0.1) is 5.92 Å². The van der Waals surface area contributed by atoms with Gasteiger partial charge < -0.3 is 9.84 Å². The van der Waals surface area contributed by atoms with Crippen molar-refractivity contribution in [1.29, 1.82) is 0 Å². The van der Waals surface area contributed by atoms with E-state index in [1.54, 1.807) is 6.08 Å². The number of carbonyl (C=O) groups is 2. The van der Waals surface area contributed by atoms with Crippen LogP contribution in [-0.2, 0) is 14.3 Å². The van der Waals surface area contributed by atoms with Crippen LogP contribution in [0.2, 0.25) is 0 Å². The number of ketones is 1. The van der Waals surface area contributed by atoms with E-state index in [4.69, 9.17) is 4.74 Å². The van der Waals surface area contributed by atoms with Crippen molar-refractivity contribution >= 4 is 11.8 Å². The molecular formula is C15H14O4. The summed E-state index contributed by atoms with van der Waals surface area (Å²) in [5.74, 6) is -2.05. The van der Waals surface area contributed by atoms with Gasteiger partial charge in [-0.3, -0.25) is 4.79 Å².